The maximum absolute atomic E-state index is 10.7. The van der Waals surface area contributed by atoms with Crippen LogP contribution in [0.1, 0.15) is 0 Å². The van der Waals surface area contributed by atoms with Crippen LogP contribution < -0.4 is 0 Å². The average Bonchev–Trinajstić information content (AvgIpc) is 2.30. The summed E-state index contributed by atoms with van der Waals surface area (Å²) >= 11 is 0. The largest absolute Gasteiger partial charge is 4.00 e. The van der Waals surface area contributed by atoms with E-state index in [0.717, 1.165) is 0 Å². The van der Waals surface area contributed by atoms with Crippen molar-refractivity contribution in [2.24, 2.45) is 0 Å². The molecule has 0 saturated carbocycles. The third-order valence-corrected chi connectivity index (χ3v) is 3.40. The van der Waals surface area contributed by atoms with Crippen LogP contribution in [0.3, 0.4) is 0 Å². The van der Waals surface area contributed by atoms with Crippen LogP contribution in [0.5, 0.6) is 0 Å². The molecule has 0 aromatic carbocycles. The van der Waals surface area contributed by atoms with Gasteiger partial charge in [-0.25, -0.2) is 33.7 Å². The zero-order valence-corrected chi connectivity index (χ0v) is 20.4. The van der Waals surface area contributed by atoms with Crippen LogP contribution in [-0.2, 0) is 66.3 Å². The van der Waals surface area contributed by atoms with E-state index in [0.29, 0.717) is 0 Å². The van der Waals surface area contributed by atoms with E-state index < -0.39 is 62.5 Å². The first-order valence-corrected chi connectivity index (χ1v) is 10.7. The molecule has 0 aromatic heterocycles. The van der Waals surface area contributed by atoms with Crippen LogP contribution >= 0.6 is 0 Å². The summed E-state index contributed by atoms with van der Waals surface area (Å²) in [6.07, 6.45) is 0. The fraction of sp³-hybridized carbons (Fsp3) is 1.00. The molecule has 0 bridgehead atoms. The van der Waals surface area contributed by atoms with E-state index in [1.807, 2.05) is 0 Å². The first-order chi connectivity index (χ1) is 13.0. The average molecular weight is 775 g/mol. The van der Waals surface area contributed by atoms with E-state index in [1.54, 1.807) is 0 Å². The fourth-order valence-electron chi connectivity index (χ4n) is 0. The Morgan fingerprint density at radius 1 is 0.333 bits per heavy atom. The van der Waals surface area contributed by atoms with Gasteiger partial charge in [-0.05, 0) is 0 Å². The number of hydrogen-bond acceptors (Lipinski definition) is 12. The zero-order valence-electron chi connectivity index (χ0n) is 13.6. The number of rotatable bonds is 0. The second kappa shape index (κ2) is 13.1. The molecule has 12 nitrogen and oxygen atoms in total. The van der Waals surface area contributed by atoms with E-state index in [2.05, 4.69) is 0 Å². The minimum absolute atomic E-state index is 0. The van der Waals surface area contributed by atoms with Crippen molar-refractivity contribution in [1.29, 1.82) is 0 Å². The van der Waals surface area contributed by atoms with Gasteiger partial charge >= 0.3 is 47.9 Å². The Morgan fingerprint density at radius 3 is 0.364 bits per heavy atom. The quantitative estimate of drug-likeness (QED) is 0.139. The smallest absolute Gasteiger partial charge is 0.741 e. The van der Waals surface area contributed by atoms with Gasteiger partial charge in [0.15, 0.2) is 40.5 Å². The van der Waals surface area contributed by atoms with Crippen LogP contribution in [0.15, 0.2) is 0 Å². The number of alkyl halides is 12. The summed E-state index contributed by atoms with van der Waals surface area (Å²) in [7, 11) is -24.4. The summed E-state index contributed by atoms with van der Waals surface area (Å²) in [5.41, 5.74) is -22.6. The normalized spacial score (nSPS) is 13.6. The van der Waals surface area contributed by atoms with Gasteiger partial charge in [0.05, 0.1) is 0 Å². The molecule has 0 amide bonds. The topological polar surface area (TPSA) is 229 Å². The Morgan fingerprint density at radius 2 is 0.364 bits per heavy atom. The summed E-state index contributed by atoms with van der Waals surface area (Å²) in [5, 5.41) is 0. The Labute approximate surface area is 192 Å². The molecule has 29 heteroatoms. The van der Waals surface area contributed by atoms with Crippen molar-refractivity contribution in [1.82, 2.24) is 0 Å². The van der Waals surface area contributed by atoms with Crippen LogP contribution in [-0.4, -0.2) is 73.9 Å². The summed E-state index contributed by atoms with van der Waals surface area (Å²) in [6.45, 7) is 0. The molecule has 0 aromatic rings. The molecule has 0 aliphatic heterocycles. The maximum Gasteiger partial charge on any atom is 4.00 e. The maximum atomic E-state index is 10.7. The molecule has 0 N–H and O–H groups in total. The van der Waals surface area contributed by atoms with Crippen molar-refractivity contribution in [3.05, 3.63) is 0 Å². The van der Waals surface area contributed by atoms with Gasteiger partial charge in [0.25, 0.3) is 0 Å². The van der Waals surface area contributed by atoms with Gasteiger partial charge in [-0.3, -0.25) is 0 Å². The predicted octanol–water partition coefficient (Wildman–Crippen LogP) is 0.203. The van der Waals surface area contributed by atoms with Crippen LogP contribution in [0.2, 0.25) is 0 Å². The van der Waals surface area contributed by atoms with Crippen LogP contribution in [0.25, 0.3) is 0 Å². The molecule has 0 saturated heterocycles. The third kappa shape index (κ3) is 21.9. The van der Waals surface area contributed by atoms with E-state index in [9.17, 15) is 52.7 Å². The van der Waals surface area contributed by atoms with E-state index in [1.165, 1.54) is 0 Å². The molecule has 0 aliphatic carbocycles. The molecule has 0 radical (unpaired) electrons. The van der Waals surface area contributed by atoms with Gasteiger partial charge in [-0.1, -0.05) is 0 Å². The molecule has 200 valence electrons. The van der Waals surface area contributed by atoms with Gasteiger partial charge in [0.2, 0.25) is 0 Å². The minimum atomic E-state index is -6.09. The Bertz CT molecular complexity index is 828. The van der Waals surface area contributed by atoms with E-state index in [4.69, 9.17) is 51.9 Å². The van der Waals surface area contributed by atoms with Crippen molar-refractivity contribution >= 4 is 40.5 Å². The molecule has 0 rings (SSSR count). The SMILES string of the molecule is O=S(=O)([O-])C(F)(F)F.O=S(=O)([O-])C(F)(F)F.O=S(=O)([O-])C(F)(F)F.O=S(=O)([O-])C(F)(F)F.[Hf+4]. The second-order valence-electron chi connectivity index (χ2n) is 3.60. The van der Waals surface area contributed by atoms with Crippen molar-refractivity contribution in [2.45, 2.75) is 22.0 Å². The Balaban J connectivity index is -0.000000105. The molecule has 0 atom stereocenters. The van der Waals surface area contributed by atoms with Crippen molar-refractivity contribution in [3.8, 4) is 0 Å². The Hall–Kier alpha value is -0.330. The van der Waals surface area contributed by atoms with Crippen molar-refractivity contribution in [3.63, 3.8) is 0 Å². The summed E-state index contributed by atoms with van der Waals surface area (Å²) in [6, 6.07) is 0. The summed E-state index contributed by atoms with van der Waals surface area (Å²) in [5.74, 6) is 0. The Kier molecular flexibility index (Phi) is 17.0. The first kappa shape index (κ1) is 42.8. The van der Waals surface area contributed by atoms with Crippen LogP contribution in [0.4, 0.5) is 52.7 Å². The predicted molar refractivity (Wildman–Crippen MR) is 63.0 cm³/mol. The molecule has 0 fully saturated rings. The molecule has 0 heterocycles. The number of halogens is 12. The van der Waals surface area contributed by atoms with Crippen molar-refractivity contribution < 1.29 is 130 Å². The summed E-state index contributed by atoms with van der Waals surface area (Å²) < 4.78 is 236. The molecule has 0 unspecified atom stereocenters. The number of hydrogen-bond donors (Lipinski definition) is 0. The second-order valence-corrected chi connectivity index (χ2v) is 9.08. The van der Waals surface area contributed by atoms with E-state index in [-0.39, 0.29) is 25.8 Å². The van der Waals surface area contributed by atoms with Gasteiger partial charge < -0.3 is 18.2 Å². The summed E-state index contributed by atoms with van der Waals surface area (Å²) in [4.78, 5) is 0. The van der Waals surface area contributed by atoms with Gasteiger partial charge in [0, 0.05) is 0 Å². The fourth-order valence-corrected chi connectivity index (χ4v) is 0. The molecular formula is C4F12HfO12S4. The van der Waals surface area contributed by atoms with E-state index >= 15 is 0 Å². The third-order valence-electron chi connectivity index (χ3n) is 1.13. The minimum Gasteiger partial charge on any atom is -0.741 e. The van der Waals surface area contributed by atoms with Gasteiger partial charge in [-0.15, -0.1) is 0 Å². The first-order valence-electron chi connectivity index (χ1n) is 5.08. The monoisotopic (exact) mass is 776 g/mol. The molecule has 0 aliphatic rings. The standard InChI is InChI=1S/4CHF3O3S.Hf/c4*2-1(3,4)8(5,6)7;/h4*(H,5,6,7);/q;;;;+4/p-4. The zero-order chi connectivity index (χ0) is 28.0. The van der Waals surface area contributed by atoms with Crippen LogP contribution in [0, 0.1) is 0 Å². The molecular weight excluding hydrogens is 775 g/mol. The van der Waals surface area contributed by atoms with Gasteiger partial charge in [-0.2, -0.15) is 52.7 Å². The van der Waals surface area contributed by atoms with Crippen molar-refractivity contribution in [2.75, 3.05) is 0 Å². The van der Waals surface area contributed by atoms with Gasteiger partial charge in [0.1, 0.15) is 0 Å². The molecule has 33 heavy (non-hydrogen) atoms. The molecule has 0 spiro atoms.